The highest BCUT2D eigenvalue weighted by Gasteiger charge is 2.26. The molecule has 5 heteroatoms. The number of H-pyrrole nitrogens is 1. The van der Waals surface area contributed by atoms with Crippen molar-refractivity contribution in [1.29, 1.82) is 0 Å². The van der Waals surface area contributed by atoms with E-state index in [-0.39, 0.29) is 18.4 Å². The smallest absolute Gasteiger partial charge is 0.182 e. The van der Waals surface area contributed by atoms with Crippen LogP contribution in [0.4, 0.5) is 0 Å². The third-order valence-electron chi connectivity index (χ3n) is 4.56. The number of ketones is 1. The second-order valence-corrected chi connectivity index (χ2v) is 6.27. The van der Waals surface area contributed by atoms with Gasteiger partial charge in [-0.05, 0) is 31.5 Å². The lowest BCUT2D eigenvalue weighted by molar-refractivity contribution is 0.0795. The van der Waals surface area contributed by atoms with Gasteiger partial charge in [0.15, 0.2) is 5.78 Å². The average molecular weight is 337 g/mol. The summed E-state index contributed by atoms with van der Waals surface area (Å²) in [5, 5.41) is 10.4. The van der Waals surface area contributed by atoms with Crippen LogP contribution in [0.25, 0.3) is 10.9 Å². The zero-order valence-corrected chi connectivity index (χ0v) is 14.6. The van der Waals surface area contributed by atoms with E-state index in [1.54, 1.807) is 12.4 Å². The molecule has 1 atom stereocenters. The molecule has 0 spiro atoms. The molecule has 0 aliphatic rings. The highest BCUT2D eigenvalue weighted by molar-refractivity contribution is 6.11. The summed E-state index contributed by atoms with van der Waals surface area (Å²) < 4.78 is 0. The number of Topliss-reactive ketones (excluding diaryl/α,β-unsaturated/α-hetero) is 1. The number of aryl methyl sites for hydroxylation is 1. The number of aromatic nitrogens is 2. The van der Waals surface area contributed by atoms with Crippen LogP contribution in [-0.2, 0) is 6.54 Å². The minimum atomic E-state index is -0.342. The third-order valence-corrected chi connectivity index (χ3v) is 4.56. The molecule has 25 heavy (non-hydrogen) atoms. The number of pyridine rings is 1. The molecular weight excluding hydrogens is 314 g/mol. The third kappa shape index (κ3) is 3.62. The molecule has 130 valence electrons. The van der Waals surface area contributed by atoms with Crippen molar-refractivity contribution in [3.8, 4) is 0 Å². The number of benzene rings is 1. The molecule has 0 aliphatic heterocycles. The molecular formula is C20H23N3O2. The first-order valence-corrected chi connectivity index (χ1v) is 8.47. The van der Waals surface area contributed by atoms with Crippen LogP contribution >= 0.6 is 0 Å². The van der Waals surface area contributed by atoms with Gasteiger partial charge in [-0.3, -0.25) is 14.7 Å². The highest BCUT2D eigenvalue weighted by Crippen LogP contribution is 2.24. The average Bonchev–Trinajstić information content (AvgIpc) is 2.96. The Morgan fingerprint density at radius 1 is 1.28 bits per heavy atom. The van der Waals surface area contributed by atoms with Gasteiger partial charge in [-0.15, -0.1) is 0 Å². The van der Waals surface area contributed by atoms with Gasteiger partial charge < -0.3 is 10.1 Å². The first kappa shape index (κ1) is 17.3. The number of fused-ring (bicyclic) bond motifs is 1. The standard InChI is InChI=1S/C20H23N3O2/c1-14-19(17-7-3-4-8-18(17)22-14)20(25)15(2)23(10-11-24)13-16-6-5-9-21-12-16/h3-9,12,15,22,24H,10-11,13H2,1-2H3. The number of carbonyl (C=O) groups excluding carboxylic acids is 1. The zero-order valence-electron chi connectivity index (χ0n) is 14.6. The lowest BCUT2D eigenvalue weighted by Gasteiger charge is -2.27. The van der Waals surface area contributed by atoms with Gasteiger partial charge in [0.2, 0.25) is 0 Å². The number of hydrogen-bond donors (Lipinski definition) is 2. The summed E-state index contributed by atoms with van der Waals surface area (Å²) in [4.78, 5) is 22.6. The van der Waals surface area contributed by atoms with E-state index in [2.05, 4.69) is 9.97 Å². The fourth-order valence-corrected chi connectivity index (χ4v) is 3.23. The number of aliphatic hydroxyl groups is 1. The van der Waals surface area contributed by atoms with Crippen molar-refractivity contribution in [2.75, 3.05) is 13.2 Å². The summed E-state index contributed by atoms with van der Waals surface area (Å²) in [6.07, 6.45) is 3.52. The molecule has 0 saturated heterocycles. The molecule has 2 aromatic heterocycles. The van der Waals surface area contributed by atoms with E-state index in [4.69, 9.17) is 0 Å². The van der Waals surface area contributed by atoms with E-state index in [0.29, 0.717) is 13.1 Å². The quantitative estimate of drug-likeness (QED) is 0.651. The Kier molecular flexibility index (Phi) is 5.26. The number of aliphatic hydroxyl groups excluding tert-OH is 1. The molecule has 0 radical (unpaired) electrons. The van der Waals surface area contributed by atoms with Crippen LogP contribution in [0.1, 0.15) is 28.5 Å². The second kappa shape index (κ2) is 7.59. The first-order chi connectivity index (χ1) is 12.1. The van der Waals surface area contributed by atoms with Crippen LogP contribution in [0, 0.1) is 6.92 Å². The number of aromatic amines is 1. The van der Waals surface area contributed by atoms with Crippen LogP contribution in [0.15, 0.2) is 48.8 Å². The molecule has 2 heterocycles. The molecule has 2 N–H and O–H groups in total. The lowest BCUT2D eigenvalue weighted by Crippen LogP contribution is -2.40. The molecule has 0 saturated carbocycles. The Hall–Kier alpha value is -2.50. The summed E-state index contributed by atoms with van der Waals surface area (Å²) in [7, 11) is 0. The van der Waals surface area contributed by atoms with Gasteiger partial charge in [0.1, 0.15) is 0 Å². The monoisotopic (exact) mass is 337 g/mol. The number of nitrogens with zero attached hydrogens (tertiary/aromatic N) is 2. The van der Waals surface area contributed by atoms with Crippen molar-refractivity contribution in [3.63, 3.8) is 0 Å². The van der Waals surface area contributed by atoms with Crippen LogP contribution < -0.4 is 0 Å². The van der Waals surface area contributed by atoms with Crippen molar-refractivity contribution in [3.05, 3.63) is 65.6 Å². The Morgan fingerprint density at radius 3 is 2.80 bits per heavy atom. The SMILES string of the molecule is Cc1[nH]c2ccccc2c1C(=O)C(C)N(CCO)Cc1cccnc1. The molecule has 0 amide bonds. The number of rotatable bonds is 7. The molecule has 5 nitrogen and oxygen atoms in total. The van der Waals surface area contributed by atoms with Crippen molar-refractivity contribution >= 4 is 16.7 Å². The van der Waals surface area contributed by atoms with E-state index in [1.807, 2.05) is 55.1 Å². The Balaban J connectivity index is 1.89. The summed E-state index contributed by atoms with van der Waals surface area (Å²) in [5.41, 5.74) is 3.60. The van der Waals surface area contributed by atoms with Crippen molar-refractivity contribution in [1.82, 2.24) is 14.9 Å². The molecule has 3 aromatic rings. The largest absolute Gasteiger partial charge is 0.395 e. The second-order valence-electron chi connectivity index (χ2n) is 6.27. The van der Waals surface area contributed by atoms with Crippen molar-refractivity contribution in [2.45, 2.75) is 26.4 Å². The minimum Gasteiger partial charge on any atom is -0.395 e. The normalized spacial score (nSPS) is 12.6. The topological polar surface area (TPSA) is 69.2 Å². The van der Waals surface area contributed by atoms with Gasteiger partial charge in [-0.25, -0.2) is 0 Å². The van der Waals surface area contributed by atoms with Crippen LogP contribution in [0.3, 0.4) is 0 Å². The molecule has 1 unspecified atom stereocenters. The summed E-state index contributed by atoms with van der Waals surface area (Å²) in [6.45, 7) is 4.84. The van der Waals surface area contributed by atoms with E-state index in [9.17, 15) is 9.90 Å². The minimum absolute atomic E-state index is 0.00471. The number of nitrogens with one attached hydrogen (secondary N) is 1. The van der Waals surface area contributed by atoms with Gasteiger partial charge in [0.25, 0.3) is 0 Å². The first-order valence-electron chi connectivity index (χ1n) is 8.47. The maximum Gasteiger partial charge on any atom is 0.182 e. The Labute approximate surface area is 147 Å². The van der Waals surface area contributed by atoms with Crippen LogP contribution in [0.5, 0.6) is 0 Å². The fraction of sp³-hybridized carbons (Fsp3) is 0.300. The van der Waals surface area contributed by atoms with Gasteiger partial charge in [-0.1, -0.05) is 24.3 Å². The molecule has 0 aliphatic carbocycles. The maximum absolute atomic E-state index is 13.2. The van der Waals surface area contributed by atoms with Crippen LogP contribution in [-0.4, -0.2) is 45.0 Å². The summed E-state index contributed by atoms with van der Waals surface area (Å²) in [6, 6.07) is 11.4. The van der Waals surface area contributed by atoms with E-state index >= 15 is 0 Å². The molecule has 0 bridgehead atoms. The van der Waals surface area contributed by atoms with Gasteiger partial charge in [-0.2, -0.15) is 0 Å². The number of carbonyl (C=O) groups is 1. The zero-order chi connectivity index (χ0) is 17.8. The number of para-hydroxylation sites is 1. The Morgan fingerprint density at radius 2 is 2.08 bits per heavy atom. The predicted molar refractivity (Wildman–Crippen MR) is 98.6 cm³/mol. The number of hydrogen-bond acceptors (Lipinski definition) is 4. The Bertz CT molecular complexity index is 858. The van der Waals surface area contributed by atoms with E-state index < -0.39 is 0 Å². The molecule has 0 fully saturated rings. The summed E-state index contributed by atoms with van der Waals surface area (Å²) in [5.74, 6) is 0.0623. The van der Waals surface area contributed by atoms with Gasteiger partial charge >= 0.3 is 0 Å². The molecule has 3 rings (SSSR count). The maximum atomic E-state index is 13.2. The highest BCUT2D eigenvalue weighted by atomic mass is 16.3. The predicted octanol–water partition coefficient (Wildman–Crippen LogP) is 2.94. The van der Waals surface area contributed by atoms with E-state index in [0.717, 1.165) is 27.7 Å². The van der Waals surface area contributed by atoms with Crippen LogP contribution in [0.2, 0.25) is 0 Å². The van der Waals surface area contributed by atoms with Crippen molar-refractivity contribution < 1.29 is 9.90 Å². The van der Waals surface area contributed by atoms with Gasteiger partial charge in [0.05, 0.1) is 12.6 Å². The van der Waals surface area contributed by atoms with Gasteiger partial charge in [0, 0.05) is 47.6 Å². The summed E-state index contributed by atoms with van der Waals surface area (Å²) >= 11 is 0. The molecule has 1 aromatic carbocycles. The van der Waals surface area contributed by atoms with E-state index in [1.165, 1.54) is 0 Å². The fourth-order valence-electron chi connectivity index (χ4n) is 3.23. The van der Waals surface area contributed by atoms with Crippen molar-refractivity contribution in [2.24, 2.45) is 0 Å². The lowest BCUT2D eigenvalue weighted by atomic mass is 10.0.